The second-order valence-electron chi connectivity index (χ2n) is 9.80. The van der Waals surface area contributed by atoms with Gasteiger partial charge in [-0.15, -0.1) is 0 Å². The number of esters is 1. The first-order chi connectivity index (χ1) is 15.5. The third-order valence-corrected chi connectivity index (χ3v) is 10.7. The minimum absolute atomic E-state index is 0.0913. The van der Waals surface area contributed by atoms with Crippen LogP contribution in [0.1, 0.15) is 49.5 Å². The largest absolute Gasteiger partial charge is 0.491 e. The van der Waals surface area contributed by atoms with Gasteiger partial charge in [0.15, 0.2) is 8.32 Å². The molecule has 0 aromatic heterocycles. The van der Waals surface area contributed by atoms with Crippen molar-refractivity contribution in [1.29, 1.82) is 0 Å². The summed E-state index contributed by atoms with van der Waals surface area (Å²) >= 11 is 0. The van der Waals surface area contributed by atoms with E-state index in [9.17, 15) is 4.79 Å². The van der Waals surface area contributed by atoms with Gasteiger partial charge < -0.3 is 19.6 Å². The van der Waals surface area contributed by atoms with E-state index in [0.29, 0.717) is 12.2 Å². The number of allylic oxidation sites excluding steroid dienone is 1. The topological polar surface area (TPSA) is 70.8 Å². The summed E-state index contributed by atoms with van der Waals surface area (Å²) in [5.74, 6) is 0.492. The Hall–Kier alpha value is -2.41. The van der Waals surface area contributed by atoms with Crippen molar-refractivity contribution < 1.29 is 18.7 Å². The van der Waals surface area contributed by atoms with Crippen molar-refractivity contribution in [3.8, 4) is 5.75 Å². The fraction of sp³-hybridized carbons (Fsp3) is 0.444. The van der Waals surface area contributed by atoms with Crippen LogP contribution in [-0.4, -0.2) is 40.1 Å². The van der Waals surface area contributed by atoms with Gasteiger partial charge in [-0.1, -0.05) is 63.3 Å². The molecule has 33 heavy (non-hydrogen) atoms. The number of carbonyl (C=O) groups is 1. The molecule has 0 saturated carbocycles. The average molecular weight is 470 g/mol. The number of nitrogens with two attached hydrogens (primary N) is 1. The number of methoxy groups -OCH3 is 1. The van der Waals surface area contributed by atoms with Gasteiger partial charge in [0.1, 0.15) is 12.4 Å². The predicted molar refractivity (Wildman–Crippen MR) is 138 cm³/mol. The monoisotopic (exact) mass is 469 g/mol. The summed E-state index contributed by atoms with van der Waals surface area (Å²) in [6.45, 7) is 11.6. The summed E-state index contributed by atoms with van der Waals surface area (Å²) in [6, 6.07) is 17.0. The molecule has 0 aliphatic carbocycles. The summed E-state index contributed by atoms with van der Waals surface area (Å²) < 4.78 is 17.4. The van der Waals surface area contributed by atoms with Gasteiger partial charge in [0.05, 0.1) is 18.8 Å². The maximum atomic E-state index is 11.6. The molecule has 2 N–H and O–H groups in total. The fourth-order valence-corrected chi connectivity index (χ4v) is 4.39. The third kappa shape index (κ3) is 8.46. The molecule has 0 fully saturated rings. The van der Waals surface area contributed by atoms with Crippen LogP contribution in [0.5, 0.6) is 5.75 Å². The second-order valence-corrected chi connectivity index (χ2v) is 14.6. The van der Waals surface area contributed by atoms with E-state index in [1.807, 2.05) is 48.5 Å². The van der Waals surface area contributed by atoms with Gasteiger partial charge in [0.25, 0.3) is 0 Å². The van der Waals surface area contributed by atoms with Gasteiger partial charge in [0, 0.05) is 6.04 Å². The first-order valence-corrected chi connectivity index (χ1v) is 14.4. The lowest BCUT2D eigenvalue weighted by atomic mass is 10.1. The lowest BCUT2D eigenvalue weighted by Crippen LogP contribution is -2.51. The molecule has 2 rings (SSSR count). The average Bonchev–Trinajstić information content (AvgIpc) is 2.79. The van der Waals surface area contributed by atoms with E-state index in [4.69, 9.17) is 19.6 Å². The van der Waals surface area contributed by atoms with Crippen molar-refractivity contribution >= 4 is 20.4 Å². The fourth-order valence-electron chi connectivity index (χ4n) is 3.04. The highest BCUT2D eigenvalue weighted by Crippen LogP contribution is 2.37. The smallest absolute Gasteiger partial charge is 0.337 e. The van der Waals surface area contributed by atoms with Gasteiger partial charge >= 0.3 is 5.97 Å². The van der Waals surface area contributed by atoms with E-state index in [1.165, 1.54) is 7.11 Å². The maximum Gasteiger partial charge on any atom is 0.337 e. The van der Waals surface area contributed by atoms with Gasteiger partial charge in [0.2, 0.25) is 0 Å². The van der Waals surface area contributed by atoms with Crippen molar-refractivity contribution in [2.45, 2.75) is 63.9 Å². The van der Waals surface area contributed by atoms with E-state index in [1.54, 1.807) is 12.1 Å². The zero-order valence-electron chi connectivity index (χ0n) is 20.8. The molecule has 2 aromatic rings. The summed E-state index contributed by atoms with van der Waals surface area (Å²) in [7, 11) is -0.622. The van der Waals surface area contributed by atoms with Crippen molar-refractivity contribution in [2.24, 2.45) is 5.73 Å². The summed E-state index contributed by atoms with van der Waals surface area (Å²) in [6.07, 6.45) is 5.57. The van der Waals surface area contributed by atoms with Gasteiger partial charge in [-0.3, -0.25) is 0 Å². The maximum absolute atomic E-state index is 11.6. The molecule has 0 spiro atoms. The lowest BCUT2D eigenvalue weighted by molar-refractivity contribution is 0.0600. The van der Waals surface area contributed by atoms with Crippen molar-refractivity contribution in [1.82, 2.24) is 0 Å². The minimum Gasteiger partial charge on any atom is -0.491 e. The zero-order chi connectivity index (χ0) is 24.5. The van der Waals surface area contributed by atoms with Crippen molar-refractivity contribution in [3.05, 3.63) is 71.8 Å². The molecule has 5 nitrogen and oxygen atoms in total. The number of carbonyl (C=O) groups excluding carboxylic acids is 1. The number of para-hydroxylation sites is 1. The third-order valence-electron chi connectivity index (χ3n) is 6.20. The first kappa shape index (κ1) is 26.8. The highest BCUT2D eigenvalue weighted by atomic mass is 28.4. The van der Waals surface area contributed by atoms with E-state index in [0.717, 1.165) is 24.2 Å². The van der Waals surface area contributed by atoms with E-state index in [2.05, 4.69) is 39.9 Å². The normalized spacial score (nSPS) is 14.2. The quantitative estimate of drug-likeness (QED) is 0.320. The Balaban J connectivity index is 1.98. The molecule has 0 bridgehead atoms. The molecule has 0 radical (unpaired) electrons. The molecule has 0 unspecified atom stereocenters. The Kier molecular flexibility index (Phi) is 9.89. The molecule has 0 aliphatic rings. The molecule has 0 amide bonds. The highest BCUT2D eigenvalue weighted by Gasteiger charge is 2.40. The van der Waals surface area contributed by atoms with Gasteiger partial charge in [-0.2, -0.15) is 0 Å². The van der Waals surface area contributed by atoms with E-state index in [-0.39, 0.29) is 23.2 Å². The molecule has 2 atom stereocenters. The minimum atomic E-state index is -2.00. The molecule has 0 aliphatic heterocycles. The Morgan fingerprint density at radius 1 is 1.06 bits per heavy atom. The van der Waals surface area contributed by atoms with Crippen LogP contribution in [0.4, 0.5) is 0 Å². The molecular formula is C27H39NO4Si. The van der Waals surface area contributed by atoms with Gasteiger partial charge in [-0.05, 0) is 60.8 Å². The molecule has 0 heterocycles. The van der Waals surface area contributed by atoms with Crippen LogP contribution in [0.3, 0.4) is 0 Å². The van der Waals surface area contributed by atoms with E-state index >= 15 is 0 Å². The highest BCUT2D eigenvalue weighted by molar-refractivity contribution is 6.74. The van der Waals surface area contributed by atoms with E-state index < -0.39 is 8.32 Å². The van der Waals surface area contributed by atoms with Crippen LogP contribution >= 0.6 is 0 Å². The van der Waals surface area contributed by atoms with Crippen LogP contribution < -0.4 is 10.5 Å². The van der Waals surface area contributed by atoms with Crippen LogP contribution in [0.25, 0.3) is 6.08 Å². The number of benzene rings is 2. The van der Waals surface area contributed by atoms with Crippen LogP contribution in [0, 0.1) is 0 Å². The Bertz CT molecular complexity index is 889. The van der Waals surface area contributed by atoms with Crippen LogP contribution in [0.2, 0.25) is 18.1 Å². The number of ether oxygens (including phenoxy) is 2. The van der Waals surface area contributed by atoms with Crippen LogP contribution in [0.15, 0.2) is 60.7 Å². The Morgan fingerprint density at radius 3 is 2.27 bits per heavy atom. The van der Waals surface area contributed by atoms with Crippen molar-refractivity contribution in [3.63, 3.8) is 0 Å². The Labute approximate surface area is 200 Å². The van der Waals surface area contributed by atoms with Crippen molar-refractivity contribution in [2.75, 3.05) is 13.7 Å². The molecule has 6 heteroatoms. The molecule has 180 valence electrons. The lowest BCUT2D eigenvalue weighted by Gasteiger charge is -2.40. The molecule has 2 aromatic carbocycles. The zero-order valence-corrected chi connectivity index (χ0v) is 21.8. The number of rotatable bonds is 11. The summed E-state index contributed by atoms with van der Waals surface area (Å²) in [5.41, 5.74) is 8.18. The standard InChI is InChI=1S/C27H39NO4Si/c1-27(2,3)33(5,6)32-25(20-31-23-13-8-7-9-14-23)24(28)15-11-10-12-21-16-18-22(19-17-21)26(29)30-4/h7-10,12-14,16-19,24-25H,11,15,20,28H2,1-6H3/t24-,25-/m1/s1. The Morgan fingerprint density at radius 2 is 1.70 bits per heavy atom. The number of hydrogen-bond acceptors (Lipinski definition) is 5. The molecule has 0 saturated heterocycles. The van der Waals surface area contributed by atoms with Gasteiger partial charge in [-0.25, -0.2) is 4.79 Å². The predicted octanol–water partition coefficient (Wildman–Crippen LogP) is 6.06. The SMILES string of the molecule is COC(=O)c1ccc(C=CCC[C@@H](N)[C@@H](COc2ccccc2)O[Si](C)(C)C(C)(C)C)cc1. The summed E-state index contributed by atoms with van der Waals surface area (Å²) in [4.78, 5) is 11.6. The van der Waals surface area contributed by atoms with Crippen LogP contribution in [-0.2, 0) is 9.16 Å². The number of hydrogen-bond donors (Lipinski definition) is 1. The first-order valence-electron chi connectivity index (χ1n) is 11.5. The molecular weight excluding hydrogens is 430 g/mol. The second kappa shape index (κ2) is 12.2. The summed E-state index contributed by atoms with van der Waals surface area (Å²) in [5, 5.41) is 0.0913.